The molecule has 0 aliphatic heterocycles. The SMILES string of the molecule is O=C(CCCS)c1cc(C(=O)CCCS(=O)(=O)[O-])cc([N+](=O)[O-])c1. The Kier molecular flexibility index (Phi) is 7.52. The van der Waals surface area contributed by atoms with E-state index in [1.165, 1.54) is 6.07 Å². The number of nitro groups is 1. The van der Waals surface area contributed by atoms with Crippen molar-refractivity contribution in [3.05, 3.63) is 39.4 Å². The molecule has 0 spiro atoms. The first-order valence-corrected chi connectivity index (χ1v) is 9.25. The number of Topliss-reactive ketones (excluding diaryl/α,β-unsaturated/α-hetero) is 2. The monoisotopic (exact) mass is 374 g/mol. The fourth-order valence-electron chi connectivity index (χ4n) is 1.98. The average molecular weight is 374 g/mol. The molecule has 0 radical (unpaired) electrons. The van der Waals surface area contributed by atoms with Crippen LogP contribution in [0.5, 0.6) is 0 Å². The van der Waals surface area contributed by atoms with Gasteiger partial charge in [0.2, 0.25) is 0 Å². The summed E-state index contributed by atoms with van der Waals surface area (Å²) < 4.78 is 31.6. The highest BCUT2D eigenvalue weighted by Gasteiger charge is 2.17. The molecule has 0 unspecified atom stereocenters. The zero-order valence-corrected chi connectivity index (χ0v) is 14.3. The summed E-state index contributed by atoms with van der Waals surface area (Å²) >= 11 is 3.99. The summed E-state index contributed by atoms with van der Waals surface area (Å²) in [6.07, 6.45) is 0.200. The van der Waals surface area contributed by atoms with Crippen LogP contribution in [0.15, 0.2) is 18.2 Å². The summed E-state index contributed by atoms with van der Waals surface area (Å²) in [5.41, 5.74) is -0.404. The molecule has 24 heavy (non-hydrogen) atoms. The second-order valence-electron chi connectivity index (χ2n) is 5.06. The maximum atomic E-state index is 12.1. The number of non-ortho nitro benzene ring substituents is 1. The fraction of sp³-hybridized carbons (Fsp3) is 0.429. The lowest BCUT2D eigenvalue weighted by molar-refractivity contribution is -0.384. The van der Waals surface area contributed by atoms with Crippen LogP contribution >= 0.6 is 12.6 Å². The van der Waals surface area contributed by atoms with Gasteiger partial charge in [-0.3, -0.25) is 19.7 Å². The average Bonchev–Trinajstić information content (AvgIpc) is 2.50. The van der Waals surface area contributed by atoms with E-state index in [1.807, 2.05) is 0 Å². The Balaban J connectivity index is 3.00. The number of thiol groups is 1. The molecule has 0 amide bonds. The fourth-order valence-corrected chi connectivity index (χ4v) is 2.63. The standard InChI is InChI=1S/C14H17NO7S2/c16-13(3-1-5-23)10-7-11(9-12(8-10)15(18)19)14(17)4-2-6-24(20,21)22/h7-9,23H,1-6H2,(H,20,21,22)/p-1. The Labute approximate surface area is 144 Å². The van der Waals surface area contributed by atoms with Gasteiger partial charge in [-0.05, 0) is 24.7 Å². The van der Waals surface area contributed by atoms with Gasteiger partial charge in [0.15, 0.2) is 11.6 Å². The predicted molar refractivity (Wildman–Crippen MR) is 88.6 cm³/mol. The Hall–Kier alpha value is -1.78. The van der Waals surface area contributed by atoms with Gasteiger partial charge in [0.25, 0.3) is 5.69 Å². The molecule has 0 saturated carbocycles. The van der Waals surface area contributed by atoms with Gasteiger partial charge < -0.3 is 4.55 Å². The minimum atomic E-state index is -4.43. The van der Waals surface area contributed by atoms with Crippen molar-refractivity contribution in [2.75, 3.05) is 11.5 Å². The molecule has 0 aromatic heterocycles. The third-order valence-electron chi connectivity index (χ3n) is 3.13. The molecule has 0 aliphatic rings. The Morgan fingerprint density at radius 1 is 1.04 bits per heavy atom. The Morgan fingerprint density at radius 2 is 1.54 bits per heavy atom. The molecule has 1 rings (SSSR count). The molecular formula is C14H16NO7S2-. The molecule has 0 saturated heterocycles. The second-order valence-corrected chi connectivity index (χ2v) is 7.04. The number of hydrogen-bond acceptors (Lipinski definition) is 8. The maximum absolute atomic E-state index is 12.1. The number of hydrogen-bond donors (Lipinski definition) is 1. The third-order valence-corrected chi connectivity index (χ3v) is 4.24. The smallest absolute Gasteiger partial charge is 0.270 e. The van der Waals surface area contributed by atoms with Gasteiger partial charge in [-0.15, -0.1) is 0 Å². The molecule has 10 heteroatoms. The topological polar surface area (TPSA) is 134 Å². The van der Waals surface area contributed by atoms with Crippen LogP contribution in [0.3, 0.4) is 0 Å². The second kappa shape index (κ2) is 8.90. The van der Waals surface area contributed by atoms with E-state index in [1.54, 1.807) is 0 Å². The summed E-state index contributed by atoms with van der Waals surface area (Å²) in [5, 5.41) is 11.0. The van der Waals surface area contributed by atoms with Crippen LogP contribution in [0.1, 0.15) is 46.4 Å². The lowest BCUT2D eigenvalue weighted by Gasteiger charge is -2.07. The number of rotatable bonds is 10. The van der Waals surface area contributed by atoms with Crippen LogP contribution in [0.25, 0.3) is 0 Å². The molecule has 0 aliphatic carbocycles. The summed E-state index contributed by atoms with van der Waals surface area (Å²) in [7, 11) is -4.43. The molecule has 0 fully saturated rings. The van der Waals surface area contributed by atoms with Crippen LogP contribution in [0.4, 0.5) is 5.69 Å². The summed E-state index contributed by atoms with van der Waals surface area (Å²) in [5.74, 6) is -1.12. The zero-order valence-electron chi connectivity index (χ0n) is 12.6. The van der Waals surface area contributed by atoms with Crippen LogP contribution in [-0.2, 0) is 10.1 Å². The highest BCUT2D eigenvalue weighted by Crippen LogP contribution is 2.20. The van der Waals surface area contributed by atoms with Gasteiger partial charge in [-0.2, -0.15) is 12.6 Å². The molecule has 132 valence electrons. The normalized spacial score (nSPS) is 11.2. The van der Waals surface area contributed by atoms with Crippen LogP contribution in [0.2, 0.25) is 0 Å². The van der Waals surface area contributed by atoms with Crippen molar-refractivity contribution < 1.29 is 27.5 Å². The first-order chi connectivity index (χ1) is 11.1. The van der Waals surface area contributed by atoms with E-state index >= 15 is 0 Å². The lowest BCUT2D eigenvalue weighted by Crippen LogP contribution is -2.09. The van der Waals surface area contributed by atoms with Crippen molar-refractivity contribution in [2.24, 2.45) is 0 Å². The molecule has 0 N–H and O–H groups in total. The van der Waals surface area contributed by atoms with Crippen molar-refractivity contribution in [1.82, 2.24) is 0 Å². The summed E-state index contributed by atoms with van der Waals surface area (Å²) in [6, 6.07) is 3.38. The minimum Gasteiger partial charge on any atom is -0.748 e. The van der Waals surface area contributed by atoms with Crippen LogP contribution in [0, 0.1) is 10.1 Å². The summed E-state index contributed by atoms with van der Waals surface area (Å²) in [4.78, 5) is 34.3. The van der Waals surface area contributed by atoms with Crippen molar-refractivity contribution in [1.29, 1.82) is 0 Å². The molecule has 1 aromatic rings. The van der Waals surface area contributed by atoms with Crippen molar-refractivity contribution in [3.8, 4) is 0 Å². The van der Waals surface area contributed by atoms with Gasteiger partial charge in [-0.1, -0.05) is 0 Å². The molecule has 1 aromatic carbocycles. The van der Waals surface area contributed by atoms with Crippen molar-refractivity contribution in [3.63, 3.8) is 0 Å². The quantitative estimate of drug-likeness (QED) is 0.217. The van der Waals surface area contributed by atoms with E-state index in [-0.39, 0.29) is 36.2 Å². The number of benzene rings is 1. The van der Waals surface area contributed by atoms with Crippen LogP contribution < -0.4 is 0 Å². The highest BCUT2D eigenvalue weighted by atomic mass is 32.2. The molecular weight excluding hydrogens is 358 g/mol. The number of nitro benzene ring substituents is 1. The van der Waals surface area contributed by atoms with E-state index in [0.29, 0.717) is 12.2 Å². The first kappa shape index (κ1) is 20.3. The van der Waals surface area contributed by atoms with E-state index < -0.39 is 32.3 Å². The molecule has 8 nitrogen and oxygen atoms in total. The minimum absolute atomic E-state index is 0.0470. The maximum Gasteiger partial charge on any atom is 0.270 e. The van der Waals surface area contributed by atoms with Gasteiger partial charge in [-0.25, -0.2) is 8.42 Å². The van der Waals surface area contributed by atoms with E-state index in [4.69, 9.17) is 0 Å². The van der Waals surface area contributed by atoms with E-state index in [2.05, 4.69) is 12.6 Å². The molecule has 0 atom stereocenters. The lowest BCUT2D eigenvalue weighted by atomic mass is 9.99. The van der Waals surface area contributed by atoms with Crippen molar-refractivity contribution in [2.45, 2.75) is 25.7 Å². The number of carbonyl (C=O) groups is 2. The predicted octanol–water partition coefficient (Wildman–Crippen LogP) is 2.00. The van der Waals surface area contributed by atoms with Gasteiger partial charge in [0.05, 0.1) is 15.0 Å². The van der Waals surface area contributed by atoms with Gasteiger partial charge in [0, 0.05) is 41.9 Å². The Morgan fingerprint density at radius 3 is 1.96 bits per heavy atom. The van der Waals surface area contributed by atoms with E-state index in [9.17, 15) is 32.7 Å². The van der Waals surface area contributed by atoms with Gasteiger partial charge >= 0.3 is 0 Å². The van der Waals surface area contributed by atoms with Crippen molar-refractivity contribution >= 4 is 40.0 Å². The number of ketones is 2. The highest BCUT2D eigenvalue weighted by molar-refractivity contribution is 7.85. The number of nitrogens with zero attached hydrogens (tertiary/aromatic N) is 1. The zero-order chi connectivity index (χ0) is 18.3. The summed E-state index contributed by atoms with van der Waals surface area (Å²) in [6.45, 7) is 0. The van der Waals surface area contributed by atoms with Gasteiger partial charge in [0.1, 0.15) is 0 Å². The third kappa shape index (κ3) is 6.77. The Bertz CT molecular complexity index is 743. The van der Waals surface area contributed by atoms with Crippen LogP contribution in [-0.4, -0.2) is 41.0 Å². The first-order valence-electron chi connectivity index (χ1n) is 7.04. The largest absolute Gasteiger partial charge is 0.748 e. The molecule has 0 bridgehead atoms. The van der Waals surface area contributed by atoms with E-state index in [0.717, 1.165) is 12.1 Å². The number of carbonyl (C=O) groups excluding carboxylic acids is 2. The molecule has 0 heterocycles.